The average molecular weight is 373 g/mol. The Kier molecular flexibility index (Phi) is 5.36. The Morgan fingerprint density at radius 1 is 1.30 bits per heavy atom. The van der Waals surface area contributed by atoms with Gasteiger partial charge < -0.3 is 16.2 Å². The first-order valence-corrected chi connectivity index (χ1v) is 9.01. The molecule has 1 aliphatic rings. The van der Waals surface area contributed by atoms with E-state index in [0.29, 0.717) is 17.2 Å². The van der Waals surface area contributed by atoms with Crippen LogP contribution in [0.25, 0.3) is 11.3 Å². The van der Waals surface area contributed by atoms with Crippen molar-refractivity contribution in [2.75, 3.05) is 5.32 Å². The molecule has 27 heavy (non-hydrogen) atoms. The van der Waals surface area contributed by atoms with Crippen LogP contribution in [0, 0.1) is 11.7 Å². The van der Waals surface area contributed by atoms with Gasteiger partial charge in [0.25, 0.3) is 0 Å². The summed E-state index contributed by atoms with van der Waals surface area (Å²) in [6.07, 6.45) is 5.65. The first-order valence-electron chi connectivity index (χ1n) is 9.01. The van der Waals surface area contributed by atoms with Crippen LogP contribution in [0.5, 0.6) is 0 Å². The van der Waals surface area contributed by atoms with Crippen molar-refractivity contribution < 1.29 is 14.3 Å². The molecule has 1 fully saturated rings. The predicted molar refractivity (Wildman–Crippen MR) is 99.0 cm³/mol. The van der Waals surface area contributed by atoms with Crippen LogP contribution in [-0.2, 0) is 10.4 Å². The smallest absolute Gasteiger partial charge is 0.223 e. The van der Waals surface area contributed by atoms with Gasteiger partial charge in [0.15, 0.2) is 5.82 Å². The Labute approximate surface area is 157 Å². The van der Waals surface area contributed by atoms with E-state index in [0.717, 1.165) is 31.9 Å². The first kappa shape index (κ1) is 19.2. The summed E-state index contributed by atoms with van der Waals surface area (Å²) in [5, 5.41) is 13.3. The molecule has 3 rings (SSSR count). The minimum Gasteiger partial charge on any atom is -0.384 e. The number of nitrogens with one attached hydrogen (secondary N) is 1. The molecule has 2 heterocycles. The molecular weight excluding hydrogens is 349 g/mol. The summed E-state index contributed by atoms with van der Waals surface area (Å²) in [6.45, 7) is 3.23. The molecule has 0 saturated heterocycles. The number of nitrogens with zero attached hydrogens (tertiary/aromatic N) is 3. The molecule has 7 nitrogen and oxygen atoms in total. The third kappa shape index (κ3) is 4.57. The third-order valence-corrected chi connectivity index (χ3v) is 4.87. The maximum atomic E-state index is 14.3. The lowest BCUT2D eigenvalue weighted by atomic mass is 9.86. The fourth-order valence-corrected chi connectivity index (χ4v) is 3.26. The lowest BCUT2D eigenvalue weighted by Crippen LogP contribution is -2.32. The lowest BCUT2D eigenvalue weighted by molar-refractivity contribution is -0.122. The van der Waals surface area contributed by atoms with Gasteiger partial charge in [0.1, 0.15) is 11.3 Å². The Hall–Kier alpha value is -2.61. The maximum absolute atomic E-state index is 14.3. The molecule has 2 aromatic heterocycles. The van der Waals surface area contributed by atoms with Gasteiger partial charge in [0.2, 0.25) is 11.9 Å². The first-order chi connectivity index (χ1) is 12.7. The van der Waals surface area contributed by atoms with E-state index in [1.165, 1.54) is 6.20 Å². The van der Waals surface area contributed by atoms with E-state index in [9.17, 15) is 14.3 Å². The molecule has 1 saturated carbocycles. The fraction of sp³-hybridized carbons (Fsp3) is 0.474. The molecule has 1 amide bonds. The van der Waals surface area contributed by atoms with Crippen LogP contribution in [0.2, 0.25) is 0 Å². The Bertz CT molecular complexity index is 829. The number of rotatable bonds is 5. The van der Waals surface area contributed by atoms with Crippen LogP contribution in [0.15, 0.2) is 24.5 Å². The summed E-state index contributed by atoms with van der Waals surface area (Å²) in [5.74, 6) is -0.555. The topological polar surface area (TPSA) is 114 Å². The molecule has 2 aromatic rings. The molecule has 4 N–H and O–H groups in total. The van der Waals surface area contributed by atoms with Crippen molar-refractivity contribution in [3.63, 3.8) is 0 Å². The molecule has 0 spiro atoms. The monoisotopic (exact) mass is 373 g/mol. The summed E-state index contributed by atoms with van der Waals surface area (Å²) in [4.78, 5) is 23.7. The number of aliphatic hydroxyl groups is 1. The van der Waals surface area contributed by atoms with E-state index in [2.05, 4.69) is 20.3 Å². The quantitative estimate of drug-likeness (QED) is 0.741. The van der Waals surface area contributed by atoms with Gasteiger partial charge in [-0.15, -0.1) is 0 Å². The van der Waals surface area contributed by atoms with Gasteiger partial charge in [0.05, 0.1) is 11.9 Å². The molecule has 0 bridgehead atoms. The summed E-state index contributed by atoms with van der Waals surface area (Å²) in [5.41, 5.74) is 5.31. The molecule has 0 aromatic carbocycles. The highest BCUT2D eigenvalue weighted by Crippen LogP contribution is 2.28. The van der Waals surface area contributed by atoms with Crippen molar-refractivity contribution in [3.05, 3.63) is 36.0 Å². The minimum atomic E-state index is -1.14. The normalized spacial score (nSPS) is 20.3. The zero-order valence-electron chi connectivity index (χ0n) is 15.4. The van der Waals surface area contributed by atoms with Crippen LogP contribution in [0.3, 0.4) is 0 Å². The molecule has 144 valence electrons. The van der Waals surface area contributed by atoms with Crippen LogP contribution < -0.4 is 11.1 Å². The zero-order valence-corrected chi connectivity index (χ0v) is 15.4. The van der Waals surface area contributed by atoms with Crippen LogP contribution >= 0.6 is 0 Å². The molecule has 0 radical (unpaired) electrons. The molecule has 1 aliphatic carbocycles. The maximum Gasteiger partial charge on any atom is 0.223 e. The van der Waals surface area contributed by atoms with E-state index in [4.69, 9.17) is 5.73 Å². The average Bonchev–Trinajstić information content (AvgIpc) is 2.63. The molecule has 8 heteroatoms. The molecule has 0 unspecified atom stereocenters. The number of carbonyl (C=O) groups is 1. The Morgan fingerprint density at radius 2 is 2.00 bits per heavy atom. The summed E-state index contributed by atoms with van der Waals surface area (Å²) < 4.78 is 14.3. The largest absolute Gasteiger partial charge is 0.384 e. The standard InChI is InChI=1S/C19H24FN5O2/c1-19(2,27)15-9-12(7-8-22-15)16-14(20)10-23-18(25-16)24-13-5-3-11(4-6-13)17(21)26/h7-11,13,27H,3-6H2,1-2H3,(H2,21,26)(H,23,24,25). The van der Waals surface area contributed by atoms with E-state index >= 15 is 0 Å². The zero-order chi connectivity index (χ0) is 19.6. The van der Waals surface area contributed by atoms with Gasteiger partial charge in [0, 0.05) is 23.7 Å². The van der Waals surface area contributed by atoms with Crippen molar-refractivity contribution in [1.82, 2.24) is 15.0 Å². The predicted octanol–water partition coefficient (Wildman–Crippen LogP) is 2.36. The van der Waals surface area contributed by atoms with Gasteiger partial charge in [-0.05, 0) is 51.7 Å². The summed E-state index contributed by atoms with van der Waals surface area (Å²) in [7, 11) is 0. The van der Waals surface area contributed by atoms with E-state index in [1.807, 2.05) is 0 Å². The lowest BCUT2D eigenvalue weighted by Gasteiger charge is -2.27. The Balaban J connectivity index is 1.78. The number of hydrogen-bond donors (Lipinski definition) is 3. The number of hydrogen-bond acceptors (Lipinski definition) is 6. The summed E-state index contributed by atoms with van der Waals surface area (Å²) >= 11 is 0. The van der Waals surface area contributed by atoms with Crippen molar-refractivity contribution in [2.45, 2.75) is 51.2 Å². The second-order valence-electron chi connectivity index (χ2n) is 7.47. The number of pyridine rings is 1. The van der Waals surface area contributed by atoms with Crippen molar-refractivity contribution in [3.8, 4) is 11.3 Å². The van der Waals surface area contributed by atoms with E-state index < -0.39 is 11.4 Å². The molecular formula is C19H24FN5O2. The van der Waals surface area contributed by atoms with Gasteiger partial charge in [-0.2, -0.15) is 0 Å². The van der Waals surface area contributed by atoms with Crippen LogP contribution in [0.4, 0.5) is 10.3 Å². The minimum absolute atomic E-state index is 0.0789. The summed E-state index contributed by atoms with van der Waals surface area (Å²) in [6, 6.07) is 3.37. The second kappa shape index (κ2) is 7.56. The molecule has 0 atom stereocenters. The van der Waals surface area contributed by atoms with E-state index in [1.54, 1.807) is 26.0 Å². The van der Waals surface area contributed by atoms with Gasteiger partial charge in [-0.1, -0.05) is 0 Å². The number of carbonyl (C=O) groups excluding carboxylic acids is 1. The number of amides is 1. The number of anilines is 1. The number of halogens is 1. The highest BCUT2D eigenvalue weighted by molar-refractivity contribution is 5.76. The van der Waals surface area contributed by atoms with Gasteiger partial charge in [-0.3, -0.25) is 9.78 Å². The van der Waals surface area contributed by atoms with Crippen molar-refractivity contribution >= 4 is 11.9 Å². The number of aromatic nitrogens is 3. The van der Waals surface area contributed by atoms with Crippen LogP contribution in [-0.4, -0.2) is 32.0 Å². The van der Waals surface area contributed by atoms with E-state index in [-0.39, 0.29) is 23.6 Å². The second-order valence-corrected chi connectivity index (χ2v) is 7.47. The highest BCUT2D eigenvalue weighted by Gasteiger charge is 2.25. The Morgan fingerprint density at radius 3 is 2.63 bits per heavy atom. The fourth-order valence-electron chi connectivity index (χ4n) is 3.26. The van der Waals surface area contributed by atoms with Gasteiger partial charge in [-0.25, -0.2) is 14.4 Å². The van der Waals surface area contributed by atoms with Crippen molar-refractivity contribution in [2.24, 2.45) is 11.7 Å². The number of primary amides is 1. The SMILES string of the molecule is CC(C)(O)c1cc(-c2nc(NC3CCC(C(N)=O)CC3)ncc2F)ccn1. The third-order valence-electron chi connectivity index (χ3n) is 4.87. The highest BCUT2D eigenvalue weighted by atomic mass is 19.1. The molecule has 0 aliphatic heterocycles. The van der Waals surface area contributed by atoms with Crippen LogP contribution in [0.1, 0.15) is 45.2 Å². The van der Waals surface area contributed by atoms with Crippen molar-refractivity contribution in [1.29, 1.82) is 0 Å². The number of nitrogens with two attached hydrogens (primary N) is 1. The van der Waals surface area contributed by atoms with Gasteiger partial charge >= 0.3 is 0 Å².